The van der Waals surface area contributed by atoms with Crippen LogP contribution in [0.4, 0.5) is 0 Å². The van der Waals surface area contributed by atoms with Gasteiger partial charge in [-0.15, -0.1) is 0 Å². The molecule has 0 fully saturated rings. The van der Waals surface area contributed by atoms with Gasteiger partial charge in [0.15, 0.2) is 6.61 Å². The Labute approximate surface area is 132 Å². The Bertz CT molecular complexity index is 575. The molecule has 21 heavy (non-hydrogen) atoms. The minimum absolute atomic E-state index is 0.0199. The van der Waals surface area contributed by atoms with E-state index in [1.807, 2.05) is 48.5 Å². The fourth-order valence-corrected chi connectivity index (χ4v) is 2.03. The summed E-state index contributed by atoms with van der Waals surface area (Å²) in [5.74, 6) is 1.26. The lowest BCUT2D eigenvalue weighted by atomic mass is 10.3. The molecule has 110 valence electrons. The molecule has 0 unspecified atom stereocenters. The summed E-state index contributed by atoms with van der Waals surface area (Å²) in [5, 5.41) is 2.74. The average molecular weight is 350 g/mol. The number of amides is 1. The number of para-hydroxylation sites is 2. The highest BCUT2D eigenvalue weighted by molar-refractivity contribution is 9.10. The minimum atomic E-state index is -0.178. The average Bonchev–Trinajstić information content (AvgIpc) is 2.52. The van der Waals surface area contributed by atoms with Gasteiger partial charge in [0.05, 0.1) is 11.0 Å². The number of halogens is 1. The molecule has 0 aliphatic rings. The highest BCUT2D eigenvalue weighted by Crippen LogP contribution is 2.23. The molecule has 0 atom stereocenters. The number of ether oxygens (including phenoxy) is 2. The second-order valence-corrected chi connectivity index (χ2v) is 5.08. The lowest BCUT2D eigenvalue weighted by Gasteiger charge is -2.09. The van der Waals surface area contributed by atoms with Crippen LogP contribution in [-0.4, -0.2) is 25.7 Å². The van der Waals surface area contributed by atoms with Crippen molar-refractivity contribution in [2.24, 2.45) is 0 Å². The van der Waals surface area contributed by atoms with Gasteiger partial charge in [0.2, 0.25) is 0 Å². The highest BCUT2D eigenvalue weighted by atomic mass is 79.9. The van der Waals surface area contributed by atoms with Crippen LogP contribution in [0, 0.1) is 0 Å². The summed E-state index contributed by atoms with van der Waals surface area (Å²) in [7, 11) is 0. The maximum Gasteiger partial charge on any atom is 0.258 e. The van der Waals surface area contributed by atoms with Gasteiger partial charge in [-0.2, -0.15) is 0 Å². The molecule has 0 radical (unpaired) electrons. The summed E-state index contributed by atoms with van der Waals surface area (Å²) in [6, 6.07) is 16.9. The van der Waals surface area contributed by atoms with Crippen molar-refractivity contribution in [3.05, 3.63) is 59.1 Å². The minimum Gasteiger partial charge on any atom is -0.492 e. The first-order chi connectivity index (χ1) is 10.3. The number of carbonyl (C=O) groups excluding carboxylic acids is 1. The van der Waals surface area contributed by atoms with Crippen molar-refractivity contribution in [2.45, 2.75) is 0 Å². The molecular weight excluding hydrogens is 334 g/mol. The van der Waals surface area contributed by atoms with Crippen molar-refractivity contribution in [2.75, 3.05) is 19.8 Å². The Morgan fingerprint density at radius 1 is 1.00 bits per heavy atom. The molecule has 0 aromatic heterocycles. The summed E-state index contributed by atoms with van der Waals surface area (Å²) in [4.78, 5) is 11.6. The Morgan fingerprint density at radius 3 is 2.48 bits per heavy atom. The van der Waals surface area contributed by atoms with Crippen LogP contribution in [0.25, 0.3) is 0 Å². The Morgan fingerprint density at radius 2 is 1.71 bits per heavy atom. The van der Waals surface area contributed by atoms with E-state index in [0.29, 0.717) is 18.9 Å². The molecule has 1 N–H and O–H groups in total. The van der Waals surface area contributed by atoms with Crippen LogP contribution >= 0.6 is 15.9 Å². The zero-order chi connectivity index (χ0) is 14.9. The van der Waals surface area contributed by atoms with Gasteiger partial charge in [-0.1, -0.05) is 30.3 Å². The maximum absolute atomic E-state index is 11.6. The fraction of sp³-hybridized carbons (Fsp3) is 0.188. The molecule has 0 spiro atoms. The maximum atomic E-state index is 11.6. The summed E-state index contributed by atoms with van der Waals surface area (Å²) in [6.07, 6.45) is 0. The van der Waals surface area contributed by atoms with Gasteiger partial charge >= 0.3 is 0 Å². The number of hydrogen-bond acceptors (Lipinski definition) is 3. The molecule has 4 nitrogen and oxygen atoms in total. The first kappa shape index (κ1) is 15.4. The molecular formula is C16H16BrNO3. The van der Waals surface area contributed by atoms with Gasteiger partial charge in [0.1, 0.15) is 18.1 Å². The van der Waals surface area contributed by atoms with Gasteiger partial charge < -0.3 is 14.8 Å². The quantitative estimate of drug-likeness (QED) is 0.781. The number of hydrogen-bond donors (Lipinski definition) is 1. The number of rotatable bonds is 7. The van der Waals surface area contributed by atoms with Crippen LogP contribution in [0.2, 0.25) is 0 Å². The monoisotopic (exact) mass is 349 g/mol. The van der Waals surface area contributed by atoms with Crippen molar-refractivity contribution >= 4 is 21.8 Å². The van der Waals surface area contributed by atoms with E-state index in [1.54, 1.807) is 6.07 Å². The largest absolute Gasteiger partial charge is 0.492 e. The smallest absolute Gasteiger partial charge is 0.258 e. The molecule has 2 aromatic carbocycles. The molecule has 0 bridgehead atoms. The van der Waals surface area contributed by atoms with Crippen molar-refractivity contribution in [3.63, 3.8) is 0 Å². The summed E-state index contributed by atoms with van der Waals surface area (Å²) < 4.78 is 11.7. The van der Waals surface area contributed by atoms with Crippen LogP contribution in [0.1, 0.15) is 0 Å². The first-order valence-corrected chi connectivity index (χ1v) is 7.37. The zero-order valence-corrected chi connectivity index (χ0v) is 13.0. The molecule has 1 amide bonds. The van der Waals surface area contributed by atoms with Crippen LogP contribution in [-0.2, 0) is 4.79 Å². The highest BCUT2D eigenvalue weighted by Gasteiger charge is 2.04. The van der Waals surface area contributed by atoms with Crippen molar-refractivity contribution < 1.29 is 14.3 Å². The van der Waals surface area contributed by atoms with Crippen molar-refractivity contribution in [3.8, 4) is 11.5 Å². The molecule has 0 saturated heterocycles. The van der Waals surface area contributed by atoms with Gasteiger partial charge in [-0.3, -0.25) is 4.79 Å². The predicted octanol–water partition coefficient (Wildman–Crippen LogP) is 3.02. The fourth-order valence-electron chi connectivity index (χ4n) is 1.63. The molecule has 0 heterocycles. The van der Waals surface area contributed by atoms with Crippen LogP contribution in [0.3, 0.4) is 0 Å². The van der Waals surface area contributed by atoms with Crippen molar-refractivity contribution in [1.82, 2.24) is 5.32 Å². The lowest BCUT2D eigenvalue weighted by molar-refractivity contribution is -0.123. The Balaban J connectivity index is 1.63. The molecule has 0 aliphatic heterocycles. The summed E-state index contributed by atoms with van der Waals surface area (Å²) in [5.41, 5.74) is 0. The molecule has 0 saturated carbocycles. The first-order valence-electron chi connectivity index (χ1n) is 6.57. The number of nitrogens with one attached hydrogen (secondary N) is 1. The molecule has 0 aliphatic carbocycles. The van der Waals surface area contributed by atoms with Crippen LogP contribution in [0.5, 0.6) is 11.5 Å². The third kappa shape index (κ3) is 5.47. The van der Waals surface area contributed by atoms with E-state index in [1.165, 1.54) is 0 Å². The molecule has 2 aromatic rings. The van der Waals surface area contributed by atoms with Gasteiger partial charge in [0.25, 0.3) is 5.91 Å². The second kappa shape index (κ2) is 8.32. The topological polar surface area (TPSA) is 47.6 Å². The van der Waals surface area contributed by atoms with Gasteiger partial charge in [0, 0.05) is 0 Å². The normalized spacial score (nSPS) is 9.95. The van der Waals surface area contributed by atoms with E-state index in [4.69, 9.17) is 9.47 Å². The van der Waals surface area contributed by atoms with Gasteiger partial charge in [-0.05, 0) is 40.2 Å². The summed E-state index contributed by atoms with van der Waals surface area (Å²) >= 11 is 3.36. The summed E-state index contributed by atoms with van der Waals surface area (Å²) in [6.45, 7) is 0.839. The molecule has 2 rings (SSSR count). The standard InChI is InChI=1S/C16H16BrNO3/c17-14-8-4-5-9-15(14)21-12-16(19)18-10-11-20-13-6-2-1-3-7-13/h1-9H,10-12H2,(H,18,19). The number of carbonyl (C=O) groups is 1. The third-order valence-electron chi connectivity index (χ3n) is 2.63. The van der Waals surface area contributed by atoms with Gasteiger partial charge in [-0.25, -0.2) is 0 Å². The SMILES string of the molecule is O=C(COc1ccccc1Br)NCCOc1ccccc1. The van der Waals surface area contributed by atoms with Crippen LogP contribution < -0.4 is 14.8 Å². The van der Waals surface area contributed by atoms with Crippen LogP contribution in [0.15, 0.2) is 59.1 Å². The lowest BCUT2D eigenvalue weighted by Crippen LogP contribution is -2.32. The predicted molar refractivity (Wildman–Crippen MR) is 84.6 cm³/mol. The Kier molecular flexibility index (Phi) is 6.09. The van der Waals surface area contributed by atoms with E-state index in [2.05, 4.69) is 21.2 Å². The van der Waals surface area contributed by atoms with E-state index in [9.17, 15) is 4.79 Å². The third-order valence-corrected chi connectivity index (χ3v) is 3.29. The Hall–Kier alpha value is -2.01. The van der Waals surface area contributed by atoms with Crippen molar-refractivity contribution in [1.29, 1.82) is 0 Å². The zero-order valence-electron chi connectivity index (χ0n) is 11.4. The number of benzene rings is 2. The molecule has 5 heteroatoms. The second-order valence-electron chi connectivity index (χ2n) is 4.23. The van der Waals surface area contributed by atoms with E-state index in [-0.39, 0.29) is 12.5 Å². The van der Waals surface area contributed by atoms with E-state index in [0.717, 1.165) is 10.2 Å². The van der Waals surface area contributed by atoms with E-state index < -0.39 is 0 Å². The van der Waals surface area contributed by atoms with E-state index >= 15 is 0 Å².